The van der Waals surface area contributed by atoms with Crippen molar-refractivity contribution >= 4 is 17.6 Å². The van der Waals surface area contributed by atoms with Gasteiger partial charge >= 0.3 is 5.97 Å². The van der Waals surface area contributed by atoms with Crippen LogP contribution in [0.5, 0.6) is 11.5 Å². The largest absolute Gasteiger partial charge is 0.490 e. The van der Waals surface area contributed by atoms with Crippen LogP contribution in [0.25, 0.3) is 0 Å². The first-order valence-electron chi connectivity index (χ1n) is 8.51. The number of aromatic nitrogens is 1. The highest BCUT2D eigenvalue weighted by Crippen LogP contribution is 2.37. The Morgan fingerprint density at radius 2 is 1.96 bits per heavy atom. The Morgan fingerprint density at radius 1 is 1.25 bits per heavy atom. The lowest BCUT2D eigenvalue weighted by Crippen LogP contribution is -2.18. The molecule has 7 nitrogen and oxygen atoms in total. The minimum atomic E-state index is -0.559. The van der Waals surface area contributed by atoms with Crippen molar-refractivity contribution in [3.63, 3.8) is 0 Å². The molecule has 0 saturated carbocycles. The number of carbonyl (C=O) groups is 1. The van der Waals surface area contributed by atoms with Crippen LogP contribution in [0.2, 0.25) is 5.02 Å². The second kappa shape index (κ2) is 9.07. The summed E-state index contributed by atoms with van der Waals surface area (Å²) in [5, 5.41) is 18.3. The number of hydrogen-bond donors (Lipinski definition) is 1. The molecule has 0 saturated heterocycles. The van der Waals surface area contributed by atoms with Gasteiger partial charge in [-0.25, -0.2) is 0 Å². The van der Waals surface area contributed by atoms with Gasteiger partial charge in [0.2, 0.25) is 0 Å². The number of rotatable bonds is 6. The number of aromatic amines is 1. The van der Waals surface area contributed by atoms with E-state index in [1.54, 1.807) is 20.8 Å². The number of ether oxygens (including phenoxy) is 2. The summed E-state index contributed by atoms with van der Waals surface area (Å²) >= 11 is 6.13. The molecule has 0 aliphatic rings. The number of nitrogens with one attached hydrogen (secondary N) is 1. The van der Waals surface area contributed by atoms with Crippen LogP contribution in [-0.2, 0) is 11.2 Å². The predicted octanol–water partition coefficient (Wildman–Crippen LogP) is 3.33. The third-order valence-electron chi connectivity index (χ3n) is 4.15. The lowest BCUT2D eigenvalue weighted by atomic mass is 9.99. The average Bonchev–Trinajstić information content (AvgIpc) is 2.64. The van der Waals surface area contributed by atoms with Gasteiger partial charge in [-0.05, 0) is 44.4 Å². The molecular weight excluding hydrogens is 382 g/mol. The van der Waals surface area contributed by atoms with Gasteiger partial charge in [0, 0.05) is 11.8 Å². The standard InChI is InChI=1S/C20H18ClN3O4/c1-4-27-17-8-13(9-22)7-16(21)19(17)28-18(25)6-5-14-11(2)15(10-23)20(26)24-12(14)3/h7-8H,4-6H2,1-3H3,(H,24,26). The molecule has 0 unspecified atom stereocenters. The molecule has 0 fully saturated rings. The van der Waals surface area contributed by atoms with E-state index in [-0.39, 0.29) is 40.5 Å². The molecular formula is C20H18ClN3O4. The zero-order chi connectivity index (χ0) is 20.8. The van der Waals surface area contributed by atoms with Crippen molar-refractivity contribution in [3.05, 3.63) is 55.5 Å². The summed E-state index contributed by atoms with van der Waals surface area (Å²) in [6.07, 6.45) is 0.278. The second-order valence-electron chi connectivity index (χ2n) is 5.97. The third-order valence-corrected chi connectivity index (χ3v) is 4.43. The van der Waals surface area contributed by atoms with Crippen molar-refractivity contribution in [1.29, 1.82) is 10.5 Å². The summed E-state index contributed by atoms with van der Waals surface area (Å²) in [4.78, 5) is 26.8. The van der Waals surface area contributed by atoms with Gasteiger partial charge in [-0.1, -0.05) is 11.6 Å². The van der Waals surface area contributed by atoms with Gasteiger partial charge in [0.25, 0.3) is 5.56 Å². The van der Waals surface area contributed by atoms with Gasteiger partial charge in [0.1, 0.15) is 11.6 Å². The first-order chi connectivity index (χ1) is 13.3. The lowest BCUT2D eigenvalue weighted by Gasteiger charge is -2.13. The number of nitriles is 2. The van der Waals surface area contributed by atoms with Gasteiger partial charge in [-0.3, -0.25) is 9.59 Å². The topological polar surface area (TPSA) is 116 Å². The molecule has 0 aliphatic heterocycles. The van der Waals surface area contributed by atoms with Gasteiger partial charge in [0.15, 0.2) is 11.5 Å². The zero-order valence-electron chi connectivity index (χ0n) is 15.7. The van der Waals surface area contributed by atoms with Gasteiger partial charge in [0.05, 0.1) is 29.7 Å². The molecule has 1 N–H and O–H groups in total. The SMILES string of the molecule is CCOc1cc(C#N)cc(Cl)c1OC(=O)CCc1c(C)[nH]c(=O)c(C#N)c1C. The monoisotopic (exact) mass is 399 g/mol. The molecule has 28 heavy (non-hydrogen) atoms. The Hall–Kier alpha value is -3.29. The van der Waals surface area contributed by atoms with Crippen molar-refractivity contribution in [2.45, 2.75) is 33.6 Å². The zero-order valence-corrected chi connectivity index (χ0v) is 16.4. The maximum atomic E-state index is 12.4. The molecule has 0 atom stereocenters. The number of hydrogen-bond acceptors (Lipinski definition) is 6. The Bertz CT molecular complexity index is 1060. The quantitative estimate of drug-likeness (QED) is 0.588. The second-order valence-corrected chi connectivity index (χ2v) is 6.38. The average molecular weight is 400 g/mol. The number of nitrogens with zero attached hydrogens (tertiary/aromatic N) is 2. The number of carbonyl (C=O) groups excluding carboxylic acids is 1. The van der Waals surface area contributed by atoms with Crippen LogP contribution >= 0.6 is 11.6 Å². The van der Waals surface area contributed by atoms with E-state index < -0.39 is 11.5 Å². The van der Waals surface area contributed by atoms with E-state index >= 15 is 0 Å². The minimum Gasteiger partial charge on any atom is -0.490 e. The van der Waals surface area contributed by atoms with E-state index in [1.807, 2.05) is 12.1 Å². The predicted molar refractivity (Wildman–Crippen MR) is 103 cm³/mol. The van der Waals surface area contributed by atoms with Crippen molar-refractivity contribution in [3.8, 4) is 23.6 Å². The highest BCUT2D eigenvalue weighted by molar-refractivity contribution is 6.32. The van der Waals surface area contributed by atoms with Crippen LogP contribution < -0.4 is 15.0 Å². The van der Waals surface area contributed by atoms with Crippen molar-refractivity contribution in [2.75, 3.05) is 6.61 Å². The Labute approximate surface area is 167 Å². The van der Waals surface area contributed by atoms with Crippen LogP contribution in [0.15, 0.2) is 16.9 Å². The fourth-order valence-electron chi connectivity index (χ4n) is 2.81. The molecule has 0 aliphatic carbocycles. The van der Waals surface area contributed by atoms with E-state index in [0.717, 1.165) is 0 Å². The molecule has 2 rings (SSSR count). The maximum absolute atomic E-state index is 12.4. The fraction of sp³-hybridized carbons (Fsp3) is 0.300. The smallest absolute Gasteiger partial charge is 0.311 e. The van der Waals surface area contributed by atoms with Gasteiger partial charge < -0.3 is 14.5 Å². The van der Waals surface area contributed by atoms with E-state index in [2.05, 4.69) is 4.98 Å². The van der Waals surface area contributed by atoms with Crippen LogP contribution in [0.3, 0.4) is 0 Å². The number of esters is 1. The number of aryl methyl sites for hydroxylation is 1. The molecule has 1 heterocycles. The first kappa shape index (κ1) is 21.0. The summed E-state index contributed by atoms with van der Waals surface area (Å²) in [6, 6.07) is 6.68. The Balaban J connectivity index is 2.22. The highest BCUT2D eigenvalue weighted by Gasteiger charge is 2.18. The molecule has 2 aromatic rings. The lowest BCUT2D eigenvalue weighted by molar-refractivity contribution is -0.134. The minimum absolute atomic E-state index is 0.000484. The van der Waals surface area contributed by atoms with Crippen molar-refractivity contribution in [1.82, 2.24) is 4.98 Å². The van der Waals surface area contributed by atoms with Gasteiger partial charge in [-0.2, -0.15) is 10.5 Å². The van der Waals surface area contributed by atoms with E-state index in [1.165, 1.54) is 12.1 Å². The van der Waals surface area contributed by atoms with Gasteiger partial charge in [-0.15, -0.1) is 0 Å². The molecule has 0 amide bonds. The molecule has 0 radical (unpaired) electrons. The number of pyridine rings is 1. The molecule has 8 heteroatoms. The molecule has 1 aromatic heterocycles. The summed E-state index contributed by atoms with van der Waals surface area (Å²) in [6.45, 7) is 5.45. The number of benzene rings is 1. The van der Waals surface area contributed by atoms with Crippen LogP contribution in [0.4, 0.5) is 0 Å². The normalized spacial score (nSPS) is 10.1. The Kier molecular flexibility index (Phi) is 6.81. The summed E-state index contributed by atoms with van der Waals surface area (Å²) in [7, 11) is 0. The van der Waals surface area contributed by atoms with E-state index in [0.29, 0.717) is 23.4 Å². The molecule has 0 bridgehead atoms. The van der Waals surface area contributed by atoms with E-state index in [9.17, 15) is 9.59 Å². The fourth-order valence-corrected chi connectivity index (χ4v) is 3.06. The van der Waals surface area contributed by atoms with E-state index in [4.69, 9.17) is 31.6 Å². The van der Waals surface area contributed by atoms with Crippen LogP contribution in [0.1, 0.15) is 41.3 Å². The van der Waals surface area contributed by atoms with Crippen LogP contribution in [0, 0.1) is 36.5 Å². The maximum Gasteiger partial charge on any atom is 0.311 e. The first-order valence-corrected chi connectivity index (χ1v) is 8.89. The highest BCUT2D eigenvalue weighted by atomic mass is 35.5. The van der Waals surface area contributed by atoms with Crippen LogP contribution in [-0.4, -0.2) is 17.6 Å². The summed E-state index contributed by atoms with van der Waals surface area (Å²) < 4.78 is 10.8. The molecule has 0 spiro atoms. The number of halogens is 1. The third kappa shape index (κ3) is 4.51. The Morgan fingerprint density at radius 3 is 2.57 bits per heavy atom. The van der Waals surface area contributed by atoms with Crippen molar-refractivity contribution in [2.24, 2.45) is 0 Å². The summed E-state index contributed by atoms with van der Waals surface area (Å²) in [5.74, 6) is -0.292. The van der Waals surface area contributed by atoms with Crippen molar-refractivity contribution < 1.29 is 14.3 Å². The molecule has 1 aromatic carbocycles. The molecule has 144 valence electrons. The summed E-state index contributed by atoms with van der Waals surface area (Å²) in [5.41, 5.74) is 1.72. The number of H-pyrrole nitrogens is 1.